The predicted molar refractivity (Wildman–Crippen MR) is 62.1 cm³/mol. The lowest BCUT2D eigenvalue weighted by atomic mass is 9.86. The second-order valence-corrected chi connectivity index (χ2v) is 4.64. The molecule has 0 radical (unpaired) electrons. The Morgan fingerprint density at radius 3 is 2.86 bits per heavy atom. The Labute approximate surface area is 88.7 Å². The third-order valence-electron chi connectivity index (χ3n) is 3.15. The van der Waals surface area contributed by atoms with Gasteiger partial charge in [-0.25, -0.2) is 0 Å². The monoisotopic (exact) mass is 193 g/mol. The minimum Gasteiger partial charge on any atom is -0.301 e. The van der Waals surface area contributed by atoms with Gasteiger partial charge < -0.3 is 5.32 Å². The van der Waals surface area contributed by atoms with Crippen molar-refractivity contribution in [1.82, 2.24) is 5.32 Å². The number of rotatable bonds is 4. The van der Waals surface area contributed by atoms with Crippen molar-refractivity contribution in [3.63, 3.8) is 0 Å². The van der Waals surface area contributed by atoms with Crippen LogP contribution < -0.4 is 5.32 Å². The standard InChI is InChI=1S/C13H23N/c1-4-7-12(5-2)14-13-9-6-8-11(3)10-13/h2,11-14H,4,6-10H2,1,3H3. The van der Waals surface area contributed by atoms with Gasteiger partial charge in [0.15, 0.2) is 0 Å². The average molecular weight is 193 g/mol. The van der Waals surface area contributed by atoms with Crippen LogP contribution in [0, 0.1) is 18.3 Å². The maximum absolute atomic E-state index is 5.50. The van der Waals surface area contributed by atoms with E-state index in [9.17, 15) is 0 Å². The summed E-state index contributed by atoms with van der Waals surface area (Å²) in [6, 6.07) is 0.974. The van der Waals surface area contributed by atoms with Gasteiger partial charge in [0.1, 0.15) is 0 Å². The van der Waals surface area contributed by atoms with Gasteiger partial charge in [0.25, 0.3) is 0 Å². The highest BCUT2D eigenvalue weighted by atomic mass is 14.9. The molecule has 0 aromatic rings. The average Bonchev–Trinajstić information content (AvgIpc) is 2.17. The first kappa shape index (κ1) is 11.6. The van der Waals surface area contributed by atoms with Crippen molar-refractivity contribution in [3.8, 4) is 12.3 Å². The highest BCUT2D eigenvalue weighted by Gasteiger charge is 2.20. The Hall–Kier alpha value is -0.480. The Balaban J connectivity index is 2.30. The van der Waals surface area contributed by atoms with E-state index >= 15 is 0 Å². The van der Waals surface area contributed by atoms with Gasteiger partial charge >= 0.3 is 0 Å². The molecule has 80 valence electrons. The third-order valence-corrected chi connectivity index (χ3v) is 3.15. The molecule has 1 fully saturated rings. The van der Waals surface area contributed by atoms with Crippen molar-refractivity contribution in [3.05, 3.63) is 0 Å². The van der Waals surface area contributed by atoms with Crippen molar-refractivity contribution in [2.24, 2.45) is 5.92 Å². The van der Waals surface area contributed by atoms with Crippen LogP contribution in [0.15, 0.2) is 0 Å². The number of nitrogens with one attached hydrogen (secondary N) is 1. The molecule has 3 unspecified atom stereocenters. The molecule has 0 saturated heterocycles. The molecule has 14 heavy (non-hydrogen) atoms. The van der Waals surface area contributed by atoms with Gasteiger partial charge in [-0.1, -0.05) is 39.0 Å². The van der Waals surface area contributed by atoms with Crippen molar-refractivity contribution in [1.29, 1.82) is 0 Å². The summed E-state index contributed by atoms with van der Waals surface area (Å²) in [6.07, 6.45) is 13.2. The molecule has 0 aromatic heterocycles. The van der Waals surface area contributed by atoms with E-state index in [2.05, 4.69) is 25.1 Å². The van der Waals surface area contributed by atoms with Crippen LogP contribution in [0.4, 0.5) is 0 Å². The maximum atomic E-state index is 5.50. The number of hydrogen-bond acceptors (Lipinski definition) is 1. The first-order valence-corrected chi connectivity index (χ1v) is 5.98. The zero-order valence-corrected chi connectivity index (χ0v) is 9.55. The molecule has 1 aliphatic rings. The second kappa shape index (κ2) is 6.09. The zero-order valence-electron chi connectivity index (χ0n) is 9.55. The fraction of sp³-hybridized carbons (Fsp3) is 0.846. The number of terminal acetylenes is 1. The summed E-state index contributed by atoms with van der Waals surface area (Å²) < 4.78 is 0. The van der Waals surface area contributed by atoms with E-state index in [0.29, 0.717) is 12.1 Å². The summed E-state index contributed by atoms with van der Waals surface area (Å²) in [6.45, 7) is 4.54. The molecule has 1 rings (SSSR count). The van der Waals surface area contributed by atoms with Crippen LogP contribution in [0.2, 0.25) is 0 Å². The van der Waals surface area contributed by atoms with E-state index in [0.717, 1.165) is 12.3 Å². The van der Waals surface area contributed by atoms with Gasteiger partial charge in [-0.3, -0.25) is 0 Å². The summed E-state index contributed by atoms with van der Waals surface area (Å²) in [5, 5.41) is 3.60. The summed E-state index contributed by atoms with van der Waals surface area (Å²) in [4.78, 5) is 0. The molecule has 1 heteroatoms. The molecule has 0 aromatic carbocycles. The molecule has 0 bridgehead atoms. The van der Waals surface area contributed by atoms with Gasteiger partial charge in [-0.15, -0.1) is 6.42 Å². The molecule has 1 saturated carbocycles. The Kier molecular flexibility index (Phi) is 5.04. The first-order chi connectivity index (χ1) is 6.76. The summed E-state index contributed by atoms with van der Waals surface area (Å²) in [7, 11) is 0. The fourth-order valence-electron chi connectivity index (χ4n) is 2.37. The Bertz CT molecular complexity index is 192. The molecule has 0 amide bonds. The second-order valence-electron chi connectivity index (χ2n) is 4.64. The van der Waals surface area contributed by atoms with Crippen molar-refractivity contribution < 1.29 is 0 Å². The lowest BCUT2D eigenvalue weighted by molar-refractivity contribution is 0.289. The molecule has 0 spiro atoms. The van der Waals surface area contributed by atoms with Gasteiger partial charge in [-0.05, 0) is 25.2 Å². The predicted octanol–water partition coefficient (Wildman–Crippen LogP) is 2.96. The highest BCUT2D eigenvalue weighted by Crippen LogP contribution is 2.23. The molecule has 1 aliphatic carbocycles. The van der Waals surface area contributed by atoms with Gasteiger partial charge in [-0.2, -0.15) is 0 Å². The summed E-state index contributed by atoms with van der Waals surface area (Å²) in [5.74, 6) is 3.73. The van der Waals surface area contributed by atoms with E-state index in [1.54, 1.807) is 0 Å². The smallest absolute Gasteiger partial charge is 0.0688 e. The van der Waals surface area contributed by atoms with E-state index in [1.165, 1.54) is 32.1 Å². The molecule has 3 atom stereocenters. The molecular formula is C13H23N. The largest absolute Gasteiger partial charge is 0.301 e. The molecule has 0 heterocycles. The van der Waals surface area contributed by atoms with Crippen LogP contribution in [0.25, 0.3) is 0 Å². The van der Waals surface area contributed by atoms with E-state index in [1.807, 2.05) is 0 Å². The van der Waals surface area contributed by atoms with Crippen molar-refractivity contribution in [2.45, 2.75) is 64.5 Å². The van der Waals surface area contributed by atoms with Crippen LogP contribution in [-0.4, -0.2) is 12.1 Å². The summed E-state index contributed by atoms with van der Waals surface area (Å²) in [5.41, 5.74) is 0. The van der Waals surface area contributed by atoms with Gasteiger partial charge in [0.2, 0.25) is 0 Å². The first-order valence-electron chi connectivity index (χ1n) is 5.98. The van der Waals surface area contributed by atoms with Crippen LogP contribution in [-0.2, 0) is 0 Å². The lowest BCUT2D eigenvalue weighted by Gasteiger charge is -2.29. The Morgan fingerprint density at radius 2 is 2.29 bits per heavy atom. The molecule has 1 N–H and O–H groups in total. The quantitative estimate of drug-likeness (QED) is 0.677. The van der Waals surface area contributed by atoms with Crippen LogP contribution in [0.1, 0.15) is 52.4 Å². The SMILES string of the molecule is C#CC(CCC)NC1CCCC(C)C1. The topological polar surface area (TPSA) is 12.0 Å². The molecule has 0 aliphatic heterocycles. The van der Waals surface area contributed by atoms with Gasteiger partial charge in [0, 0.05) is 6.04 Å². The maximum Gasteiger partial charge on any atom is 0.0688 e. The Morgan fingerprint density at radius 1 is 1.50 bits per heavy atom. The highest BCUT2D eigenvalue weighted by molar-refractivity contribution is 5.00. The number of hydrogen-bond donors (Lipinski definition) is 1. The minimum absolute atomic E-state index is 0.301. The lowest BCUT2D eigenvalue weighted by Crippen LogP contribution is -2.40. The molecule has 1 nitrogen and oxygen atoms in total. The minimum atomic E-state index is 0.301. The van der Waals surface area contributed by atoms with Crippen LogP contribution in [0.5, 0.6) is 0 Å². The molecular weight excluding hydrogens is 170 g/mol. The van der Waals surface area contributed by atoms with E-state index < -0.39 is 0 Å². The van der Waals surface area contributed by atoms with Crippen LogP contribution >= 0.6 is 0 Å². The van der Waals surface area contributed by atoms with E-state index in [-0.39, 0.29) is 0 Å². The third kappa shape index (κ3) is 3.72. The normalized spacial score (nSPS) is 29.5. The zero-order chi connectivity index (χ0) is 10.4. The van der Waals surface area contributed by atoms with Crippen molar-refractivity contribution >= 4 is 0 Å². The van der Waals surface area contributed by atoms with E-state index in [4.69, 9.17) is 6.42 Å². The van der Waals surface area contributed by atoms with Crippen molar-refractivity contribution in [2.75, 3.05) is 0 Å². The van der Waals surface area contributed by atoms with Gasteiger partial charge in [0.05, 0.1) is 6.04 Å². The summed E-state index contributed by atoms with van der Waals surface area (Å²) >= 11 is 0. The van der Waals surface area contributed by atoms with Crippen LogP contribution in [0.3, 0.4) is 0 Å². The fourth-order valence-corrected chi connectivity index (χ4v) is 2.37.